The number of halogens is 3. The fraction of sp³-hybridized carbons (Fsp3) is 0.622. The predicted octanol–water partition coefficient (Wildman–Crippen LogP) is 5.44. The van der Waals surface area contributed by atoms with Crippen molar-refractivity contribution in [2.24, 2.45) is 11.8 Å². The van der Waals surface area contributed by atoms with Crippen LogP contribution in [0.15, 0.2) is 59.5 Å². The summed E-state index contributed by atoms with van der Waals surface area (Å²) in [7, 11) is -2.64. The standard InChI is InChI=1S/C45H61F3N6O7S/c1-3-61-41(55)14-6-19-49-42(56)53-22-7-11-36(27-53)62(58,59)35-15-16-40(38(47)26-35)54-29-44(48,30-54)28-52-23-17-32(18-24-52)45(31-51-20-8-21-51,33-9-4-10-34(46)25-33)37-12-5-13-39(37)50-43(57)60-2/h4,6,9-10,14-16,25-26,32,36-37,39H,3,5,7-8,11-13,17-24,27-31H2,1-2H3,(H,49,56)(H,50,57)/b14-6+/t36-,37+,39+,45+/m1/s1. The Kier molecular flexibility index (Phi) is 14.4. The zero-order valence-corrected chi connectivity index (χ0v) is 36.7. The number of hydrogen-bond donors (Lipinski definition) is 2. The van der Waals surface area contributed by atoms with E-state index in [9.17, 15) is 22.8 Å². The van der Waals surface area contributed by atoms with Crippen LogP contribution < -0.4 is 15.5 Å². The van der Waals surface area contributed by atoms with E-state index in [4.69, 9.17) is 9.47 Å². The van der Waals surface area contributed by atoms with Crippen LogP contribution in [0.3, 0.4) is 0 Å². The summed E-state index contributed by atoms with van der Waals surface area (Å²) in [6.45, 7) is 6.35. The number of benzene rings is 2. The zero-order valence-electron chi connectivity index (χ0n) is 35.8. The number of alkyl carbamates (subject to hydrolysis) is 1. The second-order valence-corrected chi connectivity index (χ2v) is 20.0. The third kappa shape index (κ3) is 10.0. The molecule has 2 aromatic rings. The van der Waals surface area contributed by atoms with Crippen molar-refractivity contribution in [1.82, 2.24) is 25.3 Å². The van der Waals surface area contributed by atoms with Gasteiger partial charge in [-0.15, -0.1) is 0 Å². The number of carbonyl (C=O) groups is 3. The van der Waals surface area contributed by atoms with Crippen molar-refractivity contribution < 1.29 is 45.4 Å². The van der Waals surface area contributed by atoms with Gasteiger partial charge in [0, 0.05) is 50.3 Å². The summed E-state index contributed by atoms with van der Waals surface area (Å²) < 4.78 is 84.3. The first kappa shape index (κ1) is 45.7. The first-order chi connectivity index (χ1) is 29.7. The normalized spacial score (nSPS) is 24.5. The highest BCUT2D eigenvalue weighted by molar-refractivity contribution is 7.92. The predicted molar refractivity (Wildman–Crippen MR) is 228 cm³/mol. The van der Waals surface area contributed by atoms with Gasteiger partial charge in [0.15, 0.2) is 15.5 Å². The third-order valence-corrected chi connectivity index (χ3v) is 16.0. The Hall–Kier alpha value is -4.35. The number of ether oxygens (including phenoxy) is 2. The number of methoxy groups -OCH3 is 1. The lowest BCUT2D eigenvalue weighted by Crippen LogP contribution is -2.65. The highest BCUT2D eigenvalue weighted by atomic mass is 32.2. The Morgan fingerprint density at radius 2 is 1.71 bits per heavy atom. The molecule has 340 valence electrons. The number of hydrogen-bond acceptors (Lipinski definition) is 10. The number of urea groups is 1. The van der Waals surface area contributed by atoms with E-state index in [0.717, 1.165) is 69.8 Å². The molecule has 0 spiro atoms. The third-order valence-electron chi connectivity index (χ3n) is 13.8. The van der Waals surface area contributed by atoms with Crippen LogP contribution in [-0.4, -0.2) is 144 Å². The largest absolute Gasteiger partial charge is 0.463 e. The molecule has 1 aliphatic carbocycles. The molecule has 4 aliphatic heterocycles. The van der Waals surface area contributed by atoms with Crippen molar-refractivity contribution in [3.8, 4) is 0 Å². The van der Waals surface area contributed by atoms with Gasteiger partial charge < -0.3 is 34.8 Å². The van der Waals surface area contributed by atoms with E-state index >= 15 is 13.2 Å². The molecule has 4 heterocycles. The molecule has 62 heavy (non-hydrogen) atoms. The average molecular weight is 887 g/mol. The molecule has 17 heteroatoms. The van der Waals surface area contributed by atoms with Crippen LogP contribution in [0, 0.1) is 23.5 Å². The first-order valence-corrected chi connectivity index (χ1v) is 23.7. The van der Waals surface area contributed by atoms with Crippen molar-refractivity contribution in [2.45, 2.75) is 85.6 Å². The molecular weight excluding hydrogens is 826 g/mol. The van der Waals surface area contributed by atoms with Crippen LogP contribution in [0.5, 0.6) is 0 Å². The monoisotopic (exact) mass is 886 g/mol. The quantitative estimate of drug-likeness (QED) is 0.176. The van der Waals surface area contributed by atoms with Crippen molar-refractivity contribution in [1.29, 1.82) is 0 Å². The maximum atomic E-state index is 16.4. The van der Waals surface area contributed by atoms with Gasteiger partial charge in [-0.05, 0) is 126 Å². The molecule has 3 amide bonds. The Morgan fingerprint density at radius 3 is 2.39 bits per heavy atom. The number of esters is 1. The molecule has 7 rings (SSSR count). The van der Waals surface area contributed by atoms with E-state index < -0.39 is 50.1 Å². The van der Waals surface area contributed by atoms with E-state index in [2.05, 4.69) is 20.4 Å². The van der Waals surface area contributed by atoms with Crippen molar-refractivity contribution in [3.63, 3.8) is 0 Å². The molecule has 4 atom stereocenters. The Balaban J connectivity index is 0.965. The fourth-order valence-electron chi connectivity index (χ4n) is 10.7. The number of sulfone groups is 1. The van der Waals surface area contributed by atoms with Crippen molar-refractivity contribution >= 4 is 33.6 Å². The van der Waals surface area contributed by atoms with Gasteiger partial charge in [-0.3, -0.25) is 4.90 Å². The van der Waals surface area contributed by atoms with E-state index in [1.165, 1.54) is 42.4 Å². The van der Waals surface area contributed by atoms with E-state index in [1.54, 1.807) is 24.0 Å². The number of rotatable bonds is 15. The lowest BCUT2D eigenvalue weighted by atomic mass is 9.57. The topological polar surface area (TPSA) is 141 Å². The summed E-state index contributed by atoms with van der Waals surface area (Å²) in [5.74, 6) is -1.35. The van der Waals surface area contributed by atoms with Crippen molar-refractivity contribution in [3.05, 3.63) is 71.8 Å². The first-order valence-electron chi connectivity index (χ1n) is 22.1. The summed E-state index contributed by atoms with van der Waals surface area (Å²) in [4.78, 5) is 44.2. The molecule has 0 aromatic heterocycles. The molecule has 0 bridgehead atoms. The molecule has 13 nitrogen and oxygen atoms in total. The Labute approximate surface area is 363 Å². The lowest BCUT2D eigenvalue weighted by Gasteiger charge is -2.54. The molecule has 0 unspecified atom stereocenters. The zero-order chi connectivity index (χ0) is 44.1. The van der Waals surface area contributed by atoms with Crippen LogP contribution >= 0.6 is 0 Å². The van der Waals surface area contributed by atoms with Crippen LogP contribution in [0.25, 0.3) is 0 Å². The molecule has 0 radical (unpaired) electrons. The number of anilines is 1. The smallest absolute Gasteiger partial charge is 0.407 e. The Bertz CT molecular complexity index is 2060. The van der Waals surface area contributed by atoms with Gasteiger partial charge in [0.25, 0.3) is 0 Å². The maximum absolute atomic E-state index is 16.4. The minimum absolute atomic E-state index is 0.0389. The molecule has 1 saturated carbocycles. The minimum atomic E-state index is -4.00. The number of amides is 3. The van der Waals surface area contributed by atoms with Crippen molar-refractivity contribution in [2.75, 3.05) is 90.6 Å². The van der Waals surface area contributed by atoms with Gasteiger partial charge in [-0.2, -0.15) is 0 Å². The number of piperidine rings is 2. The van der Waals surface area contributed by atoms with Gasteiger partial charge in [-0.25, -0.2) is 36.0 Å². The highest BCUT2D eigenvalue weighted by Crippen LogP contribution is 2.52. The van der Waals surface area contributed by atoms with Gasteiger partial charge in [0.1, 0.15) is 11.6 Å². The van der Waals surface area contributed by atoms with Crippen LogP contribution in [0.1, 0.15) is 63.9 Å². The highest BCUT2D eigenvalue weighted by Gasteiger charge is 2.54. The molecule has 5 fully saturated rings. The summed E-state index contributed by atoms with van der Waals surface area (Å²) in [6.07, 6.45) is 8.25. The number of likely N-dealkylation sites (tertiary alicyclic amines) is 3. The lowest BCUT2D eigenvalue weighted by molar-refractivity contribution is -0.137. The second-order valence-electron chi connectivity index (χ2n) is 17.7. The van der Waals surface area contributed by atoms with Crippen LogP contribution in [0.4, 0.5) is 28.4 Å². The molecule has 2 aromatic carbocycles. The van der Waals surface area contributed by atoms with Gasteiger partial charge in [-0.1, -0.05) is 24.6 Å². The van der Waals surface area contributed by atoms with Gasteiger partial charge in [0.2, 0.25) is 0 Å². The number of nitrogens with one attached hydrogen (secondary N) is 2. The molecule has 4 saturated heterocycles. The fourth-order valence-corrected chi connectivity index (χ4v) is 12.5. The molecule has 5 aliphatic rings. The summed E-state index contributed by atoms with van der Waals surface area (Å²) >= 11 is 0. The van der Waals surface area contributed by atoms with Gasteiger partial charge >= 0.3 is 18.1 Å². The number of carbonyl (C=O) groups excluding carboxylic acids is 3. The average Bonchev–Trinajstić information content (AvgIpc) is 3.70. The van der Waals surface area contributed by atoms with E-state index in [1.807, 2.05) is 6.07 Å². The summed E-state index contributed by atoms with van der Waals surface area (Å²) in [5.41, 5.74) is -0.951. The SMILES string of the molecule is CCOC(=O)/C=C/CNC(=O)N1CCC[C@@H](S(=O)(=O)c2ccc(N3CC(F)(CN4CCC([C@@](CN5CCC5)(c5cccc(F)c5)[C@H]5CCC[C@@H]5NC(=O)OC)CC4)C3)c(F)c2)C1. The van der Waals surface area contributed by atoms with E-state index in [0.29, 0.717) is 32.5 Å². The molecular formula is C45H61F3N6O7S. The number of nitrogens with zero attached hydrogens (tertiary/aromatic N) is 4. The number of alkyl halides is 1. The Morgan fingerprint density at radius 1 is 0.935 bits per heavy atom. The molecule has 2 N–H and O–H groups in total. The second kappa shape index (κ2) is 19.6. The van der Waals surface area contributed by atoms with Crippen LogP contribution in [-0.2, 0) is 29.5 Å². The minimum Gasteiger partial charge on any atom is -0.463 e. The summed E-state index contributed by atoms with van der Waals surface area (Å²) in [6, 6.07) is 10.1. The van der Waals surface area contributed by atoms with Crippen LogP contribution in [0.2, 0.25) is 0 Å². The van der Waals surface area contributed by atoms with Gasteiger partial charge in [0.05, 0.1) is 42.6 Å². The van der Waals surface area contributed by atoms with E-state index in [-0.39, 0.29) is 73.6 Å². The maximum Gasteiger partial charge on any atom is 0.407 e. The summed E-state index contributed by atoms with van der Waals surface area (Å²) in [5, 5.41) is 4.83.